The van der Waals surface area contributed by atoms with Crippen LogP contribution in [0.4, 0.5) is 10.8 Å². The smallest absolute Gasteiger partial charge is 0.269 e. The maximum Gasteiger partial charge on any atom is 0.269 e. The average molecular weight is 575 g/mol. The van der Waals surface area contributed by atoms with Crippen LogP contribution < -0.4 is 5.32 Å². The normalized spacial score (nSPS) is 14.6. The summed E-state index contributed by atoms with van der Waals surface area (Å²) < 4.78 is 1.25. The molecule has 1 aliphatic rings. The molecule has 0 bridgehead atoms. The minimum Gasteiger partial charge on any atom is -0.300 e. The molecule has 172 valence electrons. The Hall–Kier alpha value is -2.93. The Bertz CT molecular complexity index is 1320. The molecule has 1 fully saturated rings. The monoisotopic (exact) mass is 574 g/mol. The van der Waals surface area contributed by atoms with E-state index in [1.165, 1.54) is 28.4 Å². The number of hydrogen-bond acceptors (Lipinski definition) is 8. The maximum atomic E-state index is 12.8. The number of aromatic nitrogens is 1. The topological polar surface area (TPSA) is 105 Å². The van der Waals surface area contributed by atoms with Crippen LogP contribution in [-0.2, 0) is 16.0 Å². The van der Waals surface area contributed by atoms with E-state index < -0.39 is 10.8 Å². The second-order valence-corrected chi connectivity index (χ2v) is 10.8. The van der Waals surface area contributed by atoms with Gasteiger partial charge in [0, 0.05) is 34.1 Å². The standard InChI is InChI=1S/C22H15BrN4O4S3/c23-15-6-4-13(5-7-15)10-18-20(29)26(22(32)34-18)12-19(28)25-21-24-11-17(33-21)9-14-2-1-3-16(8-14)27(30)31/h1-8,10-11H,9,12H2,(H,24,25,28)/b18-10-. The van der Waals surface area contributed by atoms with Crippen molar-refractivity contribution in [2.75, 3.05) is 11.9 Å². The van der Waals surface area contributed by atoms with Gasteiger partial charge in [-0.25, -0.2) is 4.98 Å². The lowest BCUT2D eigenvalue weighted by Gasteiger charge is -2.13. The number of rotatable bonds is 7. The van der Waals surface area contributed by atoms with Gasteiger partial charge in [-0.05, 0) is 29.3 Å². The molecule has 1 N–H and O–H groups in total. The summed E-state index contributed by atoms with van der Waals surface area (Å²) >= 11 is 11.1. The predicted molar refractivity (Wildman–Crippen MR) is 141 cm³/mol. The fraction of sp³-hybridized carbons (Fsp3) is 0.0909. The first-order valence-corrected chi connectivity index (χ1v) is 12.6. The van der Waals surface area contributed by atoms with Crippen molar-refractivity contribution in [3.8, 4) is 0 Å². The lowest BCUT2D eigenvalue weighted by Crippen LogP contribution is -2.36. The summed E-state index contributed by atoms with van der Waals surface area (Å²) in [7, 11) is 0. The molecule has 0 saturated carbocycles. The van der Waals surface area contributed by atoms with Gasteiger partial charge < -0.3 is 5.32 Å². The summed E-state index contributed by atoms with van der Waals surface area (Å²) in [4.78, 5) is 42.5. The Morgan fingerprint density at radius 2 is 2.03 bits per heavy atom. The molecule has 1 aromatic heterocycles. The molecule has 0 atom stereocenters. The van der Waals surface area contributed by atoms with Crippen LogP contribution in [0.25, 0.3) is 6.08 Å². The number of carbonyl (C=O) groups is 2. The number of thiocarbonyl (C=S) groups is 1. The van der Waals surface area contributed by atoms with Crippen molar-refractivity contribution in [2.24, 2.45) is 0 Å². The predicted octanol–water partition coefficient (Wildman–Crippen LogP) is 5.24. The van der Waals surface area contributed by atoms with Gasteiger partial charge in [0.1, 0.15) is 10.9 Å². The molecule has 0 unspecified atom stereocenters. The molecule has 2 amide bonds. The van der Waals surface area contributed by atoms with E-state index in [9.17, 15) is 19.7 Å². The molecule has 0 aliphatic carbocycles. The van der Waals surface area contributed by atoms with Crippen molar-refractivity contribution in [3.05, 3.63) is 90.2 Å². The van der Waals surface area contributed by atoms with E-state index in [1.807, 2.05) is 24.3 Å². The zero-order valence-electron chi connectivity index (χ0n) is 17.3. The summed E-state index contributed by atoms with van der Waals surface area (Å²) in [6.07, 6.45) is 3.80. The van der Waals surface area contributed by atoms with Gasteiger partial charge >= 0.3 is 0 Å². The van der Waals surface area contributed by atoms with Gasteiger partial charge in [-0.1, -0.05) is 64.2 Å². The van der Waals surface area contributed by atoms with Crippen LogP contribution in [0.1, 0.15) is 16.0 Å². The Labute approximate surface area is 216 Å². The van der Waals surface area contributed by atoms with Crippen LogP contribution in [0.15, 0.2) is 64.1 Å². The number of nitro benzene ring substituents is 1. The Balaban J connectivity index is 1.36. The van der Waals surface area contributed by atoms with Crippen molar-refractivity contribution in [1.29, 1.82) is 0 Å². The molecular formula is C22H15BrN4O4S3. The molecule has 8 nitrogen and oxygen atoms in total. The third kappa shape index (κ3) is 5.95. The van der Waals surface area contributed by atoms with E-state index in [1.54, 1.807) is 24.4 Å². The number of thiazole rings is 1. The molecule has 0 spiro atoms. The lowest BCUT2D eigenvalue weighted by molar-refractivity contribution is -0.384. The van der Waals surface area contributed by atoms with E-state index >= 15 is 0 Å². The number of nitrogens with one attached hydrogen (secondary N) is 1. The van der Waals surface area contributed by atoms with Gasteiger partial charge in [-0.2, -0.15) is 0 Å². The molecule has 34 heavy (non-hydrogen) atoms. The number of thioether (sulfide) groups is 1. The quantitative estimate of drug-likeness (QED) is 0.178. The number of anilines is 1. The molecule has 0 radical (unpaired) electrons. The Kier molecular flexibility index (Phi) is 7.51. The van der Waals surface area contributed by atoms with Gasteiger partial charge in [-0.3, -0.25) is 24.6 Å². The average Bonchev–Trinajstić information content (AvgIpc) is 3.34. The van der Waals surface area contributed by atoms with Crippen LogP contribution in [0.2, 0.25) is 0 Å². The maximum absolute atomic E-state index is 12.8. The summed E-state index contributed by atoms with van der Waals surface area (Å²) in [6.45, 7) is -0.220. The lowest BCUT2D eigenvalue weighted by atomic mass is 10.1. The van der Waals surface area contributed by atoms with Crippen LogP contribution >= 0.6 is 51.2 Å². The van der Waals surface area contributed by atoms with E-state index in [2.05, 4.69) is 26.2 Å². The van der Waals surface area contributed by atoms with Crippen LogP contribution in [-0.4, -0.2) is 37.5 Å². The first-order valence-electron chi connectivity index (χ1n) is 9.77. The van der Waals surface area contributed by atoms with E-state index in [-0.39, 0.29) is 18.1 Å². The highest BCUT2D eigenvalue weighted by Gasteiger charge is 2.33. The van der Waals surface area contributed by atoms with Crippen LogP contribution in [0.3, 0.4) is 0 Å². The van der Waals surface area contributed by atoms with Crippen molar-refractivity contribution in [3.63, 3.8) is 0 Å². The zero-order valence-corrected chi connectivity index (χ0v) is 21.3. The summed E-state index contributed by atoms with van der Waals surface area (Å²) in [5.74, 6) is -0.740. The minimum absolute atomic E-state index is 0.0215. The largest absolute Gasteiger partial charge is 0.300 e. The fourth-order valence-electron chi connectivity index (χ4n) is 3.08. The second-order valence-electron chi connectivity index (χ2n) is 7.10. The molecule has 2 heterocycles. The van der Waals surface area contributed by atoms with Crippen LogP contribution in [0.5, 0.6) is 0 Å². The van der Waals surface area contributed by atoms with E-state index in [0.29, 0.717) is 20.8 Å². The van der Waals surface area contributed by atoms with Gasteiger partial charge in [0.25, 0.3) is 11.6 Å². The first kappa shape index (κ1) is 24.2. The molecular weight excluding hydrogens is 560 g/mol. The first-order chi connectivity index (χ1) is 16.3. The van der Waals surface area contributed by atoms with Gasteiger partial charge in [-0.15, -0.1) is 11.3 Å². The Morgan fingerprint density at radius 1 is 1.26 bits per heavy atom. The second kappa shape index (κ2) is 10.6. The number of carbonyl (C=O) groups excluding carboxylic acids is 2. The third-order valence-electron chi connectivity index (χ3n) is 4.64. The summed E-state index contributed by atoms with van der Waals surface area (Å²) in [5.41, 5.74) is 1.64. The number of benzene rings is 2. The highest BCUT2D eigenvalue weighted by Crippen LogP contribution is 2.32. The van der Waals surface area contributed by atoms with E-state index in [0.717, 1.165) is 32.2 Å². The number of hydrogen-bond donors (Lipinski definition) is 1. The van der Waals surface area contributed by atoms with Crippen LogP contribution in [0, 0.1) is 10.1 Å². The van der Waals surface area contributed by atoms with Gasteiger partial charge in [0.05, 0.1) is 9.83 Å². The molecule has 1 aliphatic heterocycles. The van der Waals surface area contributed by atoms with Crippen molar-refractivity contribution < 1.29 is 14.5 Å². The molecule has 2 aromatic carbocycles. The number of halogens is 1. The Morgan fingerprint density at radius 3 is 2.76 bits per heavy atom. The molecule has 12 heteroatoms. The zero-order chi connectivity index (χ0) is 24.2. The number of non-ortho nitro benzene ring substituents is 1. The molecule has 3 aromatic rings. The highest BCUT2D eigenvalue weighted by atomic mass is 79.9. The SMILES string of the molecule is O=C(CN1C(=O)/C(=C/c2ccc(Br)cc2)SC1=S)Nc1ncc(Cc2cccc([N+](=O)[O-])c2)s1. The van der Waals surface area contributed by atoms with Crippen molar-refractivity contribution in [2.45, 2.75) is 6.42 Å². The third-order valence-corrected chi connectivity index (χ3v) is 7.46. The molecule has 4 rings (SSSR count). The van der Waals surface area contributed by atoms with Gasteiger partial charge in [0.15, 0.2) is 5.13 Å². The minimum atomic E-state index is -0.441. The number of nitro groups is 1. The number of nitrogens with zero attached hydrogens (tertiary/aromatic N) is 3. The van der Waals surface area contributed by atoms with Crippen molar-refractivity contribution >= 4 is 84.3 Å². The summed E-state index contributed by atoms with van der Waals surface area (Å²) in [6, 6.07) is 13.9. The highest BCUT2D eigenvalue weighted by molar-refractivity contribution is 9.10. The van der Waals surface area contributed by atoms with E-state index in [4.69, 9.17) is 12.2 Å². The van der Waals surface area contributed by atoms with Crippen molar-refractivity contribution in [1.82, 2.24) is 9.88 Å². The fourth-order valence-corrected chi connectivity index (χ4v) is 5.46. The number of amides is 2. The molecule has 1 saturated heterocycles. The van der Waals surface area contributed by atoms with Gasteiger partial charge in [0.2, 0.25) is 5.91 Å². The summed E-state index contributed by atoms with van der Waals surface area (Å²) in [5, 5.41) is 14.0.